The molecule has 1 fully saturated rings. The summed E-state index contributed by atoms with van der Waals surface area (Å²) in [4.78, 5) is 24.3. The van der Waals surface area contributed by atoms with Gasteiger partial charge in [0.25, 0.3) is 0 Å². The number of rotatable bonds is 2. The van der Waals surface area contributed by atoms with Crippen molar-refractivity contribution >= 4 is 11.9 Å². The van der Waals surface area contributed by atoms with Crippen molar-refractivity contribution in [3.63, 3.8) is 0 Å². The molecule has 1 aliphatic rings. The predicted octanol–water partition coefficient (Wildman–Crippen LogP) is -0.253. The van der Waals surface area contributed by atoms with Crippen LogP contribution in [0.5, 0.6) is 0 Å². The van der Waals surface area contributed by atoms with Crippen LogP contribution >= 0.6 is 0 Å². The number of carbonyl (C=O) groups excluding carboxylic acids is 2. The molecule has 0 spiro atoms. The summed E-state index contributed by atoms with van der Waals surface area (Å²) in [6, 6.07) is 0. The fourth-order valence-corrected chi connectivity index (χ4v) is 1.76. The SMILES string of the molecule is CCOC(=O)C(=O)N1CCCC(CN)C1. The van der Waals surface area contributed by atoms with Crippen LogP contribution in [0.15, 0.2) is 0 Å². The van der Waals surface area contributed by atoms with Crippen molar-refractivity contribution in [2.75, 3.05) is 26.2 Å². The van der Waals surface area contributed by atoms with E-state index in [1.54, 1.807) is 11.8 Å². The molecule has 86 valence electrons. The fourth-order valence-electron chi connectivity index (χ4n) is 1.76. The molecule has 0 aliphatic carbocycles. The van der Waals surface area contributed by atoms with Crippen LogP contribution in [0.4, 0.5) is 0 Å². The fraction of sp³-hybridized carbons (Fsp3) is 0.800. The van der Waals surface area contributed by atoms with Crippen molar-refractivity contribution < 1.29 is 14.3 Å². The first-order valence-electron chi connectivity index (χ1n) is 5.35. The number of carbonyl (C=O) groups is 2. The molecule has 1 aliphatic heterocycles. The van der Waals surface area contributed by atoms with E-state index in [0.717, 1.165) is 12.8 Å². The maximum Gasteiger partial charge on any atom is 0.397 e. The average Bonchev–Trinajstić information content (AvgIpc) is 2.28. The Bertz CT molecular complexity index is 243. The van der Waals surface area contributed by atoms with Crippen molar-refractivity contribution in [2.24, 2.45) is 11.7 Å². The third kappa shape index (κ3) is 3.20. The van der Waals surface area contributed by atoms with Gasteiger partial charge in [0.15, 0.2) is 0 Å². The van der Waals surface area contributed by atoms with Gasteiger partial charge >= 0.3 is 11.9 Å². The third-order valence-electron chi connectivity index (χ3n) is 2.59. The summed E-state index contributed by atoms with van der Waals surface area (Å²) in [6.07, 6.45) is 1.94. The Kier molecular flexibility index (Phi) is 4.55. The number of likely N-dealkylation sites (tertiary alicyclic amines) is 1. The first-order valence-corrected chi connectivity index (χ1v) is 5.35. The van der Waals surface area contributed by atoms with E-state index in [4.69, 9.17) is 5.73 Å². The molecule has 5 heteroatoms. The predicted molar refractivity (Wildman–Crippen MR) is 55.0 cm³/mol. The standard InChI is InChI=1S/C10H18N2O3/c1-2-15-10(14)9(13)12-5-3-4-8(6-11)7-12/h8H,2-7,11H2,1H3. The molecule has 1 unspecified atom stereocenters. The molecule has 0 saturated carbocycles. The Morgan fingerprint density at radius 1 is 1.53 bits per heavy atom. The number of hydrogen-bond acceptors (Lipinski definition) is 4. The summed E-state index contributed by atoms with van der Waals surface area (Å²) < 4.78 is 4.66. The molecule has 1 saturated heterocycles. The van der Waals surface area contributed by atoms with Gasteiger partial charge in [-0.05, 0) is 32.2 Å². The Balaban J connectivity index is 2.48. The van der Waals surface area contributed by atoms with E-state index in [1.165, 1.54) is 0 Å². The summed E-state index contributed by atoms with van der Waals surface area (Å²) in [5.41, 5.74) is 5.55. The summed E-state index contributed by atoms with van der Waals surface area (Å²) in [6.45, 7) is 3.69. The topological polar surface area (TPSA) is 72.6 Å². The zero-order valence-electron chi connectivity index (χ0n) is 9.07. The van der Waals surface area contributed by atoms with Gasteiger partial charge in [-0.1, -0.05) is 0 Å². The number of ether oxygens (including phenoxy) is 1. The molecule has 5 nitrogen and oxygen atoms in total. The van der Waals surface area contributed by atoms with Crippen LogP contribution in [0.1, 0.15) is 19.8 Å². The number of esters is 1. The highest BCUT2D eigenvalue weighted by atomic mass is 16.5. The molecule has 1 rings (SSSR count). The normalized spacial score (nSPS) is 21.2. The van der Waals surface area contributed by atoms with Gasteiger partial charge in [-0.15, -0.1) is 0 Å². The van der Waals surface area contributed by atoms with Crippen molar-refractivity contribution in [2.45, 2.75) is 19.8 Å². The largest absolute Gasteiger partial charge is 0.459 e. The molecule has 0 bridgehead atoms. The van der Waals surface area contributed by atoms with Crippen molar-refractivity contribution in [3.8, 4) is 0 Å². The van der Waals surface area contributed by atoms with Gasteiger partial charge < -0.3 is 15.4 Å². The first-order chi connectivity index (χ1) is 7.19. The Labute approximate surface area is 89.6 Å². The highest BCUT2D eigenvalue weighted by molar-refractivity contribution is 6.32. The van der Waals surface area contributed by atoms with Gasteiger partial charge in [0.05, 0.1) is 6.61 Å². The Hall–Kier alpha value is -1.10. The quantitative estimate of drug-likeness (QED) is 0.508. The second-order valence-corrected chi connectivity index (χ2v) is 3.72. The van der Waals surface area contributed by atoms with E-state index >= 15 is 0 Å². The third-order valence-corrected chi connectivity index (χ3v) is 2.59. The zero-order valence-corrected chi connectivity index (χ0v) is 9.07. The van der Waals surface area contributed by atoms with Crippen molar-refractivity contribution in [1.29, 1.82) is 0 Å². The number of piperidine rings is 1. The van der Waals surface area contributed by atoms with Crippen LogP contribution in [0.3, 0.4) is 0 Å². The lowest BCUT2D eigenvalue weighted by Gasteiger charge is -2.31. The molecule has 0 aromatic carbocycles. The number of nitrogens with two attached hydrogens (primary N) is 1. The molecule has 15 heavy (non-hydrogen) atoms. The van der Waals surface area contributed by atoms with E-state index in [-0.39, 0.29) is 6.61 Å². The molecule has 1 amide bonds. The lowest BCUT2D eigenvalue weighted by Crippen LogP contribution is -2.45. The maximum absolute atomic E-state index is 11.6. The second-order valence-electron chi connectivity index (χ2n) is 3.72. The van der Waals surface area contributed by atoms with Crippen molar-refractivity contribution in [3.05, 3.63) is 0 Å². The minimum absolute atomic E-state index is 0.235. The molecular formula is C10H18N2O3. The van der Waals surface area contributed by atoms with E-state index in [2.05, 4.69) is 4.74 Å². The highest BCUT2D eigenvalue weighted by Crippen LogP contribution is 2.15. The van der Waals surface area contributed by atoms with Gasteiger partial charge in [-0.25, -0.2) is 4.79 Å². The zero-order chi connectivity index (χ0) is 11.3. The van der Waals surface area contributed by atoms with Crippen LogP contribution in [0, 0.1) is 5.92 Å². The van der Waals surface area contributed by atoms with E-state index in [0.29, 0.717) is 25.6 Å². The lowest BCUT2D eigenvalue weighted by molar-refractivity contribution is -0.160. The van der Waals surface area contributed by atoms with Crippen LogP contribution in [-0.2, 0) is 14.3 Å². The number of hydrogen-bond donors (Lipinski definition) is 1. The van der Waals surface area contributed by atoms with Crippen LogP contribution in [0.2, 0.25) is 0 Å². The summed E-state index contributed by atoms with van der Waals surface area (Å²) in [5.74, 6) is -0.970. The van der Waals surface area contributed by atoms with E-state index in [1.807, 2.05) is 0 Å². The molecule has 0 aromatic heterocycles. The minimum Gasteiger partial charge on any atom is -0.459 e. The molecule has 1 atom stereocenters. The molecule has 0 aromatic rings. The molecular weight excluding hydrogens is 196 g/mol. The van der Waals surface area contributed by atoms with Gasteiger partial charge in [0.1, 0.15) is 0 Å². The van der Waals surface area contributed by atoms with Crippen LogP contribution < -0.4 is 5.73 Å². The Morgan fingerprint density at radius 2 is 2.27 bits per heavy atom. The number of amides is 1. The second kappa shape index (κ2) is 5.70. The van der Waals surface area contributed by atoms with E-state index in [9.17, 15) is 9.59 Å². The monoisotopic (exact) mass is 214 g/mol. The molecule has 0 radical (unpaired) electrons. The summed E-state index contributed by atoms with van der Waals surface area (Å²) in [5, 5.41) is 0. The van der Waals surface area contributed by atoms with Gasteiger partial charge in [0, 0.05) is 13.1 Å². The van der Waals surface area contributed by atoms with Gasteiger partial charge in [0.2, 0.25) is 0 Å². The first kappa shape index (κ1) is 12.0. The van der Waals surface area contributed by atoms with Gasteiger partial charge in [-0.2, -0.15) is 0 Å². The Morgan fingerprint density at radius 3 is 2.87 bits per heavy atom. The highest BCUT2D eigenvalue weighted by Gasteiger charge is 2.27. The smallest absolute Gasteiger partial charge is 0.397 e. The minimum atomic E-state index is -0.754. The van der Waals surface area contributed by atoms with Crippen molar-refractivity contribution in [1.82, 2.24) is 4.90 Å². The van der Waals surface area contributed by atoms with E-state index < -0.39 is 11.9 Å². The number of nitrogens with zero attached hydrogens (tertiary/aromatic N) is 1. The lowest BCUT2D eigenvalue weighted by atomic mass is 9.98. The summed E-state index contributed by atoms with van der Waals surface area (Å²) >= 11 is 0. The van der Waals surface area contributed by atoms with Crippen LogP contribution in [0.25, 0.3) is 0 Å². The van der Waals surface area contributed by atoms with Crippen LogP contribution in [-0.4, -0.2) is 43.0 Å². The molecule has 2 N–H and O–H groups in total. The maximum atomic E-state index is 11.6. The van der Waals surface area contributed by atoms with Gasteiger partial charge in [-0.3, -0.25) is 4.79 Å². The molecule has 1 heterocycles. The average molecular weight is 214 g/mol. The summed E-state index contributed by atoms with van der Waals surface area (Å²) in [7, 11) is 0.